The Balaban J connectivity index is 1.37. The number of nitrogens with zero attached hydrogens (tertiary/aromatic N) is 3. The smallest absolute Gasteiger partial charge is 0.294 e. The third-order valence-electron chi connectivity index (χ3n) is 5.17. The Morgan fingerprint density at radius 1 is 1.20 bits per heavy atom. The molecule has 2 aliphatic heterocycles. The van der Waals surface area contributed by atoms with Crippen molar-refractivity contribution in [2.75, 3.05) is 36.4 Å². The van der Waals surface area contributed by atoms with Crippen LogP contribution in [0, 0.1) is 10.1 Å². The number of nitro benzene ring substituents is 1. The van der Waals surface area contributed by atoms with E-state index in [0.29, 0.717) is 36.9 Å². The van der Waals surface area contributed by atoms with Crippen molar-refractivity contribution in [2.24, 2.45) is 0 Å². The summed E-state index contributed by atoms with van der Waals surface area (Å²) < 4.78 is 0. The van der Waals surface area contributed by atoms with Gasteiger partial charge in [0.2, 0.25) is 11.8 Å². The molecule has 0 radical (unpaired) electrons. The molecule has 8 nitrogen and oxygen atoms in total. The summed E-state index contributed by atoms with van der Waals surface area (Å²) in [4.78, 5) is 40.6. The Hall–Kier alpha value is -2.78. The summed E-state index contributed by atoms with van der Waals surface area (Å²) >= 11 is 7.29. The van der Waals surface area contributed by atoms with Crippen LogP contribution in [0.25, 0.3) is 0 Å². The van der Waals surface area contributed by atoms with E-state index in [9.17, 15) is 19.7 Å². The summed E-state index contributed by atoms with van der Waals surface area (Å²) in [6.07, 6.45) is 0.117. The maximum atomic E-state index is 12.8. The van der Waals surface area contributed by atoms with E-state index in [1.54, 1.807) is 17.0 Å². The number of hydrogen-bond donors (Lipinski definition) is 1. The summed E-state index contributed by atoms with van der Waals surface area (Å²) in [7, 11) is 0. The number of amides is 2. The molecule has 0 saturated carbocycles. The number of fused-ring (bicyclic) bond motifs is 1. The van der Waals surface area contributed by atoms with Crippen LogP contribution < -0.4 is 10.2 Å². The quantitative estimate of drug-likeness (QED) is 0.571. The number of hydrogen-bond acceptors (Lipinski definition) is 6. The van der Waals surface area contributed by atoms with Crippen LogP contribution in [0.1, 0.15) is 6.42 Å². The van der Waals surface area contributed by atoms with E-state index in [1.807, 2.05) is 29.2 Å². The number of benzene rings is 2. The molecular formula is C20H19ClN4O4S. The zero-order chi connectivity index (χ0) is 21.3. The van der Waals surface area contributed by atoms with E-state index in [2.05, 4.69) is 5.32 Å². The monoisotopic (exact) mass is 446 g/mol. The lowest BCUT2D eigenvalue weighted by molar-refractivity contribution is -0.384. The van der Waals surface area contributed by atoms with Crippen molar-refractivity contribution in [1.29, 1.82) is 0 Å². The first-order valence-corrected chi connectivity index (χ1v) is 10.7. The number of nitrogens with one attached hydrogen (secondary N) is 1. The molecule has 2 amide bonds. The van der Waals surface area contributed by atoms with Gasteiger partial charge in [0.1, 0.15) is 5.69 Å². The molecule has 1 saturated heterocycles. The maximum absolute atomic E-state index is 12.8. The Bertz CT molecular complexity index is 1010. The van der Waals surface area contributed by atoms with Crippen molar-refractivity contribution >= 4 is 52.2 Å². The summed E-state index contributed by atoms with van der Waals surface area (Å²) in [6, 6.07) is 12.1. The van der Waals surface area contributed by atoms with Crippen molar-refractivity contribution in [3.63, 3.8) is 0 Å². The molecule has 0 bridgehead atoms. The molecule has 156 valence electrons. The minimum Gasteiger partial charge on any atom is -0.362 e. The number of halogens is 1. The lowest BCUT2D eigenvalue weighted by Crippen LogP contribution is -2.50. The number of rotatable bonds is 4. The van der Waals surface area contributed by atoms with Crippen LogP contribution in [0.3, 0.4) is 0 Å². The second-order valence-electron chi connectivity index (χ2n) is 7.05. The van der Waals surface area contributed by atoms with Crippen LogP contribution in [-0.2, 0) is 9.59 Å². The fourth-order valence-corrected chi connectivity index (χ4v) is 4.89. The molecule has 1 atom stereocenters. The van der Waals surface area contributed by atoms with E-state index in [-0.39, 0.29) is 23.9 Å². The first-order valence-electron chi connectivity index (χ1n) is 9.45. The average molecular weight is 447 g/mol. The molecule has 2 heterocycles. The molecule has 0 aromatic heterocycles. The number of carbonyl (C=O) groups excluding carboxylic acids is 2. The molecule has 0 spiro atoms. The van der Waals surface area contributed by atoms with Crippen molar-refractivity contribution in [1.82, 2.24) is 4.90 Å². The fourth-order valence-electron chi connectivity index (χ4n) is 3.62. The largest absolute Gasteiger partial charge is 0.362 e. The molecule has 2 aromatic rings. The van der Waals surface area contributed by atoms with Crippen molar-refractivity contribution in [3.05, 3.63) is 57.6 Å². The number of thioether (sulfide) groups is 1. The number of para-hydroxylation sites is 1. The molecule has 2 aromatic carbocycles. The highest BCUT2D eigenvalue weighted by Crippen LogP contribution is 2.37. The van der Waals surface area contributed by atoms with E-state index in [4.69, 9.17) is 11.6 Å². The van der Waals surface area contributed by atoms with Crippen LogP contribution in [0.2, 0.25) is 5.02 Å². The van der Waals surface area contributed by atoms with Gasteiger partial charge in [-0.2, -0.15) is 0 Å². The van der Waals surface area contributed by atoms with Crippen LogP contribution in [0.15, 0.2) is 47.4 Å². The zero-order valence-electron chi connectivity index (χ0n) is 15.9. The second-order valence-corrected chi connectivity index (χ2v) is 8.74. The van der Waals surface area contributed by atoms with E-state index in [1.165, 1.54) is 17.8 Å². The van der Waals surface area contributed by atoms with Gasteiger partial charge < -0.3 is 15.1 Å². The van der Waals surface area contributed by atoms with E-state index < -0.39 is 10.2 Å². The SMILES string of the molecule is O=C1Nc2ccccc2S[C@H]1CC(=O)N1CCN(c2ccc(Cl)cc2[N+](=O)[O-])CC1. The maximum Gasteiger partial charge on any atom is 0.294 e. The standard InChI is InChI=1S/C20H19ClN4O4S/c21-13-5-6-15(16(11-13)25(28)29)23-7-9-24(10-8-23)19(26)12-18-20(27)22-14-3-1-2-4-17(14)30-18/h1-6,11,18H,7-10,12H2,(H,22,27)/t18-/m0/s1. The van der Waals surface area contributed by atoms with Gasteiger partial charge in [0.15, 0.2) is 0 Å². The lowest BCUT2D eigenvalue weighted by Gasteiger charge is -2.36. The number of nitro groups is 1. The molecular weight excluding hydrogens is 428 g/mol. The Kier molecular flexibility index (Phi) is 5.83. The van der Waals surface area contributed by atoms with Crippen LogP contribution in [0.4, 0.5) is 17.1 Å². The van der Waals surface area contributed by atoms with Gasteiger partial charge in [0, 0.05) is 48.6 Å². The van der Waals surface area contributed by atoms with Gasteiger partial charge in [-0.15, -0.1) is 11.8 Å². The highest BCUT2D eigenvalue weighted by molar-refractivity contribution is 8.01. The van der Waals surface area contributed by atoms with Gasteiger partial charge in [-0.1, -0.05) is 23.7 Å². The molecule has 30 heavy (non-hydrogen) atoms. The van der Waals surface area contributed by atoms with E-state index >= 15 is 0 Å². The number of piperazine rings is 1. The van der Waals surface area contributed by atoms with Gasteiger partial charge >= 0.3 is 0 Å². The predicted molar refractivity (Wildman–Crippen MR) is 116 cm³/mol. The summed E-state index contributed by atoms with van der Waals surface area (Å²) in [5, 5.41) is 14.0. The van der Waals surface area contributed by atoms with Gasteiger partial charge in [0.05, 0.1) is 15.9 Å². The number of anilines is 2. The summed E-state index contributed by atoms with van der Waals surface area (Å²) in [5.41, 5.74) is 1.22. The lowest BCUT2D eigenvalue weighted by atomic mass is 10.2. The molecule has 2 aliphatic rings. The molecule has 1 N–H and O–H groups in total. The van der Waals surface area contributed by atoms with Gasteiger partial charge in [0.25, 0.3) is 5.69 Å². The molecule has 1 fully saturated rings. The second kappa shape index (κ2) is 8.53. The van der Waals surface area contributed by atoms with Crippen LogP contribution in [0.5, 0.6) is 0 Å². The number of carbonyl (C=O) groups is 2. The van der Waals surface area contributed by atoms with Crippen molar-refractivity contribution in [3.8, 4) is 0 Å². The third-order valence-corrected chi connectivity index (χ3v) is 6.68. The van der Waals surface area contributed by atoms with Crippen LogP contribution in [-0.4, -0.2) is 53.1 Å². The predicted octanol–water partition coefficient (Wildman–Crippen LogP) is 3.40. The molecule has 4 rings (SSSR count). The summed E-state index contributed by atoms with van der Waals surface area (Å²) in [6.45, 7) is 1.82. The first kappa shape index (κ1) is 20.5. The molecule has 10 heteroatoms. The normalized spacial score (nSPS) is 18.6. The highest BCUT2D eigenvalue weighted by Gasteiger charge is 2.32. The van der Waals surface area contributed by atoms with Gasteiger partial charge in [-0.3, -0.25) is 19.7 Å². The zero-order valence-corrected chi connectivity index (χ0v) is 17.5. The topological polar surface area (TPSA) is 95.8 Å². The minimum absolute atomic E-state index is 0.0452. The Morgan fingerprint density at radius 2 is 1.93 bits per heavy atom. The van der Waals surface area contributed by atoms with Crippen molar-refractivity contribution < 1.29 is 14.5 Å². The minimum atomic E-state index is -0.470. The molecule has 0 unspecified atom stereocenters. The molecule has 0 aliphatic carbocycles. The highest BCUT2D eigenvalue weighted by atomic mass is 35.5. The van der Waals surface area contributed by atoms with Crippen LogP contribution >= 0.6 is 23.4 Å². The Labute approximate surface area is 182 Å². The first-order chi connectivity index (χ1) is 14.4. The fraction of sp³-hybridized carbons (Fsp3) is 0.300. The van der Waals surface area contributed by atoms with E-state index in [0.717, 1.165) is 10.6 Å². The van der Waals surface area contributed by atoms with Crippen molar-refractivity contribution in [2.45, 2.75) is 16.6 Å². The Morgan fingerprint density at radius 3 is 2.67 bits per heavy atom. The van der Waals surface area contributed by atoms with Gasteiger partial charge in [-0.25, -0.2) is 0 Å². The third kappa shape index (κ3) is 4.22. The average Bonchev–Trinajstić information content (AvgIpc) is 2.74. The van der Waals surface area contributed by atoms with Gasteiger partial charge in [-0.05, 0) is 24.3 Å². The summed E-state index contributed by atoms with van der Waals surface area (Å²) in [5.74, 6) is -0.255.